The van der Waals surface area contributed by atoms with Crippen LogP contribution in [0.1, 0.15) is 35.0 Å². The summed E-state index contributed by atoms with van der Waals surface area (Å²) < 4.78 is 0. The molecule has 0 saturated heterocycles. The lowest BCUT2D eigenvalue weighted by atomic mass is 10.1. The van der Waals surface area contributed by atoms with Crippen LogP contribution in [-0.4, -0.2) is 22.0 Å². The van der Waals surface area contributed by atoms with Crippen molar-refractivity contribution in [3.05, 3.63) is 59.2 Å². The Labute approximate surface area is 130 Å². The highest BCUT2D eigenvalue weighted by atomic mass is 16.2. The van der Waals surface area contributed by atoms with Crippen molar-refractivity contribution < 1.29 is 4.79 Å². The molecule has 2 amide bonds. The van der Waals surface area contributed by atoms with E-state index < -0.39 is 0 Å². The van der Waals surface area contributed by atoms with Gasteiger partial charge in [0.25, 0.3) is 0 Å². The predicted molar refractivity (Wildman–Crippen MR) is 84.5 cm³/mol. The van der Waals surface area contributed by atoms with Gasteiger partial charge in [0, 0.05) is 18.2 Å². The van der Waals surface area contributed by atoms with E-state index in [1.165, 1.54) is 11.1 Å². The maximum atomic E-state index is 11.9. The van der Waals surface area contributed by atoms with Gasteiger partial charge in [0.1, 0.15) is 5.82 Å². The molecule has 1 fully saturated rings. The molecule has 1 saturated carbocycles. The lowest BCUT2D eigenvalue weighted by Gasteiger charge is -2.07. The average molecular weight is 296 g/mol. The summed E-state index contributed by atoms with van der Waals surface area (Å²) in [5.41, 5.74) is 3.37. The van der Waals surface area contributed by atoms with Gasteiger partial charge in [-0.25, -0.2) is 14.8 Å². The van der Waals surface area contributed by atoms with Gasteiger partial charge in [-0.15, -0.1) is 0 Å². The molecule has 2 N–H and O–H groups in total. The maximum Gasteiger partial charge on any atom is 0.315 e. The normalized spacial score (nSPS) is 19.5. The van der Waals surface area contributed by atoms with Crippen LogP contribution in [0.4, 0.5) is 4.79 Å². The van der Waals surface area contributed by atoms with Crippen LogP contribution in [0.5, 0.6) is 0 Å². The number of benzene rings is 1. The smallest absolute Gasteiger partial charge is 0.315 e. The van der Waals surface area contributed by atoms with E-state index in [0.717, 1.165) is 12.1 Å². The number of hydrogen-bond acceptors (Lipinski definition) is 3. The van der Waals surface area contributed by atoms with E-state index in [4.69, 9.17) is 0 Å². The minimum absolute atomic E-state index is 0.142. The van der Waals surface area contributed by atoms with Gasteiger partial charge in [-0.1, -0.05) is 29.8 Å². The van der Waals surface area contributed by atoms with Crippen molar-refractivity contribution in [3.63, 3.8) is 0 Å². The second-order valence-corrected chi connectivity index (χ2v) is 5.79. The van der Waals surface area contributed by atoms with Gasteiger partial charge in [0.05, 0.1) is 12.2 Å². The first-order valence-electron chi connectivity index (χ1n) is 7.51. The van der Waals surface area contributed by atoms with Gasteiger partial charge in [-0.05, 0) is 31.9 Å². The third kappa shape index (κ3) is 3.61. The second-order valence-electron chi connectivity index (χ2n) is 5.79. The zero-order valence-corrected chi connectivity index (χ0v) is 12.8. The average Bonchev–Trinajstić information content (AvgIpc) is 3.24. The minimum Gasteiger partial charge on any atom is -0.335 e. The Balaban J connectivity index is 1.47. The van der Waals surface area contributed by atoms with Gasteiger partial charge in [0.15, 0.2) is 0 Å². The molecule has 0 unspecified atom stereocenters. The lowest BCUT2D eigenvalue weighted by molar-refractivity contribution is 0.240. The summed E-state index contributed by atoms with van der Waals surface area (Å²) in [6, 6.07) is 10.4. The van der Waals surface area contributed by atoms with Crippen LogP contribution < -0.4 is 10.6 Å². The monoisotopic (exact) mass is 296 g/mol. The highest BCUT2D eigenvalue weighted by Crippen LogP contribution is 2.40. The van der Waals surface area contributed by atoms with Crippen LogP contribution in [0.3, 0.4) is 0 Å². The molecule has 5 nitrogen and oxygen atoms in total. The van der Waals surface area contributed by atoms with Crippen LogP contribution in [-0.2, 0) is 6.54 Å². The Kier molecular flexibility index (Phi) is 4.04. The van der Waals surface area contributed by atoms with Crippen molar-refractivity contribution in [2.45, 2.75) is 38.8 Å². The van der Waals surface area contributed by atoms with Crippen molar-refractivity contribution in [2.24, 2.45) is 0 Å². The Morgan fingerprint density at radius 2 is 2.18 bits per heavy atom. The molecule has 2 aromatic rings. The Hall–Kier alpha value is -2.43. The summed E-state index contributed by atoms with van der Waals surface area (Å²) in [4.78, 5) is 20.2. The molecule has 3 rings (SSSR count). The van der Waals surface area contributed by atoms with E-state index in [1.54, 1.807) is 12.3 Å². The molecule has 1 aliphatic rings. The fourth-order valence-corrected chi connectivity index (χ4v) is 2.62. The van der Waals surface area contributed by atoms with Crippen molar-refractivity contribution in [2.75, 3.05) is 0 Å². The third-order valence-corrected chi connectivity index (χ3v) is 3.84. The van der Waals surface area contributed by atoms with Crippen molar-refractivity contribution in [3.8, 4) is 0 Å². The summed E-state index contributed by atoms with van der Waals surface area (Å²) in [6.45, 7) is 4.34. The molecule has 1 aromatic heterocycles. The van der Waals surface area contributed by atoms with E-state index in [0.29, 0.717) is 18.3 Å². The van der Waals surface area contributed by atoms with Gasteiger partial charge >= 0.3 is 6.03 Å². The first kappa shape index (κ1) is 14.5. The van der Waals surface area contributed by atoms with E-state index in [1.807, 2.05) is 6.92 Å². The summed E-state index contributed by atoms with van der Waals surface area (Å²) in [6.07, 6.45) is 2.70. The molecule has 0 radical (unpaired) electrons. The fourth-order valence-electron chi connectivity index (χ4n) is 2.62. The number of carbonyl (C=O) groups excluding carboxylic acids is 1. The van der Waals surface area contributed by atoms with E-state index in [2.05, 4.69) is 51.8 Å². The van der Waals surface area contributed by atoms with Crippen LogP contribution in [0.25, 0.3) is 0 Å². The summed E-state index contributed by atoms with van der Waals surface area (Å²) in [7, 11) is 0. The number of amides is 2. The topological polar surface area (TPSA) is 66.9 Å². The molecule has 114 valence electrons. The molecular weight excluding hydrogens is 276 g/mol. The number of hydrogen-bond donors (Lipinski definition) is 2. The van der Waals surface area contributed by atoms with Crippen molar-refractivity contribution in [1.82, 2.24) is 20.6 Å². The van der Waals surface area contributed by atoms with E-state index in [-0.39, 0.29) is 12.1 Å². The molecule has 2 atom stereocenters. The van der Waals surface area contributed by atoms with Crippen LogP contribution in [0.15, 0.2) is 36.5 Å². The number of aromatic nitrogens is 2. The molecule has 0 aliphatic heterocycles. The SMILES string of the molecule is Cc1cccc([C@@H]2C[C@H]2NC(=O)NCc2ccnc(C)n2)c1. The van der Waals surface area contributed by atoms with E-state index in [9.17, 15) is 4.79 Å². The van der Waals surface area contributed by atoms with Crippen LogP contribution >= 0.6 is 0 Å². The highest BCUT2D eigenvalue weighted by Gasteiger charge is 2.39. The first-order chi connectivity index (χ1) is 10.6. The molecule has 22 heavy (non-hydrogen) atoms. The Morgan fingerprint density at radius 3 is 2.95 bits per heavy atom. The summed E-state index contributed by atoms with van der Waals surface area (Å²) in [5, 5.41) is 5.85. The predicted octanol–water partition coefficient (Wildman–Crippen LogP) is 2.45. The van der Waals surface area contributed by atoms with Gasteiger partial charge in [-0.3, -0.25) is 0 Å². The zero-order valence-electron chi connectivity index (χ0n) is 12.8. The van der Waals surface area contributed by atoms with Gasteiger partial charge in [-0.2, -0.15) is 0 Å². The number of nitrogens with zero attached hydrogens (tertiary/aromatic N) is 2. The molecule has 0 bridgehead atoms. The second kappa shape index (κ2) is 6.13. The number of rotatable bonds is 4. The highest BCUT2D eigenvalue weighted by molar-refractivity contribution is 5.74. The number of urea groups is 1. The number of aryl methyl sites for hydroxylation is 2. The van der Waals surface area contributed by atoms with E-state index >= 15 is 0 Å². The summed E-state index contributed by atoms with van der Waals surface area (Å²) in [5.74, 6) is 1.15. The van der Waals surface area contributed by atoms with Gasteiger partial charge in [0.2, 0.25) is 0 Å². The van der Waals surface area contributed by atoms with Crippen LogP contribution in [0.2, 0.25) is 0 Å². The maximum absolute atomic E-state index is 11.9. The molecular formula is C17H20N4O. The molecule has 0 spiro atoms. The minimum atomic E-state index is -0.142. The molecule has 1 aromatic carbocycles. The Morgan fingerprint density at radius 1 is 1.32 bits per heavy atom. The lowest BCUT2D eigenvalue weighted by Crippen LogP contribution is -2.37. The molecule has 1 heterocycles. The third-order valence-electron chi connectivity index (χ3n) is 3.84. The largest absolute Gasteiger partial charge is 0.335 e. The quantitative estimate of drug-likeness (QED) is 0.910. The number of carbonyl (C=O) groups is 1. The molecule has 1 aliphatic carbocycles. The van der Waals surface area contributed by atoms with Crippen LogP contribution in [0, 0.1) is 13.8 Å². The first-order valence-corrected chi connectivity index (χ1v) is 7.51. The molecule has 5 heteroatoms. The standard InChI is InChI=1S/C17H20N4O/c1-11-4-3-5-13(8-11)15-9-16(15)21-17(22)19-10-14-6-7-18-12(2)20-14/h3-8,15-16H,9-10H2,1-2H3,(H2,19,21,22)/t15-,16+/m0/s1. The summed E-state index contributed by atoms with van der Waals surface area (Å²) >= 11 is 0. The van der Waals surface area contributed by atoms with Crippen molar-refractivity contribution in [1.29, 1.82) is 0 Å². The fraction of sp³-hybridized carbons (Fsp3) is 0.353. The Bertz CT molecular complexity index is 686. The zero-order chi connectivity index (χ0) is 15.5. The van der Waals surface area contributed by atoms with Gasteiger partial charge < -0.3 is 10.6 Å². The van der Waals surface area contributed by atoms with Crippen molar-refractivity contribution >= 4 is 6.03 Å². The number of nitrogens with one attached hydrogen (secondary N) is 2.